The number of carboxylic acids is 1. The van der Waals surface area contributed by atoms with Crippen molar-refractivity contribution in [3.63, 3.8) is 0 Å². The summed E-state index contributed by atoms with van der Waals surface area (Å²) in [6.45, 7) is 5.33. The van der Waals surface area contributed by atoms with Gasteiger partial charge in [0, 0.05) is 13.2 Å². The Kier molecular flexibility index (Phi) is 6.15. The Morgan fingerprint density at radius 2 is 1.71 bits per heavy atom. The minimum absolute atomic E-state index is 0.329. The van der Waals surface area contributed by atoms with Crippen LogP contribution in [0.2, 0.25) is 0 Å². The molecule has 2 atom stereocenters. The number of carbonyl (C=O) groups is 2. The second-order valence-electron chi connectivity index (χ2n) is 5.61. The van der Waals surface area contributed by atoms with Crippen LogP contribution >= 0.6 is 0 Å². The first-order valence-electron chi connectivity index (χ1n) is 7.01. The Bertz CT molecular complexity index is 481. The minimum atomic E-state index is -3.64. The number of hydrogen-bond donors (Lipinski definition) is 2. The number of amides is 1. The molecule has 1 aliphatic heterocycles. The quantitative estimate of drug-likeness (QED) is 0.723. The standard InChI is InChI=1S/C13H23NO6S/c1-8(2)11(13(16)17)14-12(15)9(3)21(18,19)10-4-6-20-7-5-10/h8-11H,4-7H2,1-3H3,(H,14,15)(H,16,17). The molecule has 0 aromatic heterocycles. The third-order valence-corrected chi connectivity index (χ3v) is 6.33. The maximum absolute atomic E-state index is 12.4. The first-order chi connectivity index (χ1) is 9.67. The van der Waals surface area contributed by atoms with Gasteiger partial charge in [-0.25, -0.2) is 13.2 Å². The summed E-state index contributed by atoms with van der Waals surface area (Å²) in [4.78, 5) is 23.1. The van der Waals surface area contributed by atoms with E-state index >= 15 is 0 Å². The maximum Gasteiger partial charge on any atom is 0.326 e. The molecule has 0 aromatic rings. The Labute approximate surface area is 125 Å². The zero-order chi connectivity index (χ0) is 16.2. The second kappa shape index (κ2) is 7.22. The zero-order valence-corrected chi connectivity index (χ0v) is 13.4. The molecule has 0 saturated carbocycles. The molecule has 1 amide bonds. The Morgan fingerprint density at radius 1 is 1.19 bits per heavy atom. The fraction of sp³-hybridized carbons (Fsp3) is 0.846. The second-order valence-corrected chi connectivity index (χ2v) is 8.16. The van der Waals surface area contributed by atoms with Crippen LogP contribution in [0.4, 0.5) is 0 Å². The lowest BCUT2D eigenvalue weighted by molar-refractivity contribution is -0.143. The minimum Gasteiger partial charge on any atom is -0.480 e. The third kappa shape index (κ3) is 4.41. The molecule has 7 nitrogen and oxygen atoms in total. The Hall–Kier alpha value is -1.15. The summed E-state index contributed by atoms with van der Waals surface area (Å²) in [6, 6.07) is -1.09. The average Bonchev–Trinajstić information content (AvgIpc) is 2.43. The molecule has 1 saturated heterocycles. The normalized spacial score (nSPS) is 20.0. The SMILES string of the molecule is CC(C)C(NC(=O)C(C)S(=O)(=O)C1CCOCC1)C(=O)O. The van der Waals surface area contributed by atoms with Gasteiger partial charge in [-0.05, 0) is 25.7 Å². The highest BCUT2D eigenvalue weighted by atomic mass is 32.2. The molecule has 21 heavy (non-hydrogen) atoms. The number of aliphatic carboxylic acids is 1. The number of carbonyl (C=O) groups excluding carboxylic acids is 1. The van der Waals surface area contributed by atoms with Crippen LogP contribution in [-0.2, 0) is 24.2 Å². The van der Waals surface area contributed by atoms with Crippen LogP contribution in [0.1, 0.15) is 33.6 Å². The molecular formula is C13H23NO6S. The Morgan fingerprint density at radius 3 is 2.14 bits per heavy atom. The van der Waals surface area contributed by atoms with Gasteiger partial charge in [0.2, 0.25) is 5.91 Å². The highest BCUT2D eigenvalue weighted by Gasteiger charge is 2.38. The van der Waals surface area contributed by atoms with E-state index in [2.05, 4.69) is 5.32 Å². The monoisotopic (exact) mass is 321 g/mol. The summed E-state index contributed by atoms with van der Waals surface area (Å²) in [5.74, 6) is -2.26. The number of carboxylic acid groups (broad SMARTS) is 1. The molecule has 2 unspecified atom stereocenters. The summed E-state index contributed by atoms with van der Waals surface area (Å²) >= 11 is 0. The van der Waals surface area contributed by atoms with Gasteiger partial charge in [-0.1, -0.05) is 13.8 Å². The first kappa shape index (κ1) is 17.9. The summed E-state index contributed by atoms with van der Waals surface area (Å²) in [6.07, 6.45) is 0.735. The average molecular weight is 321 g/mol. The fourth-order valence-corrected chi connectivity index (χ4v) is 4.02. The van der Waals surface area contributed by atoms with Gasteiger partial charge < -0.3 is 15.2 Å². The number of ether oxygens (including phenoxy) is 1. The highest BCUT2D eigenvalue weighted by molar-refractivity contribution is 7.93. The van der Waals surface area contributed by atoms with Crippen LogP contribution in [0, 0.1) is 5.92 Å². The lowest BCUT2D eigenvalue weighted by Gasteiger charge is -2.26. The van der Waals surface area contributed by atoms with E-state index in [1.54, 1.807) is 13.8 Å². The summed E-state index contributed by atoms with van der Waals surface area (Å²) in [5, 5.41) is 9.49. The smallest absolute Gasteiger partial charge is 0.326 e. The van der Waals surface area contributed by atoms with Crippen molar-refractivity contribution in [1.29, 1.82) is 0 Å². The van der Waals surface area contributed by atoms with Gasteiger partial charge in [0.15, 0.2) is 9.84 Å². The van der Waals surface area contributed by atoms with Crippen LogP contribution in [0.25, 0.3) is 0 Å². The first-order valence-corrected chi connectivity index (χ1v) is 8.62. The lowest BCUT2D eigenvalue weighted by Crippen LogP contribution is -2.51. The molecule has 1 rings (SSSR count). The molecule has 0 bridgehead atoms. The molecule has 1 fully saturated rings. The van der Waals surface area contributed by atoms with Gasteiger partial charge in [0.05, 0.1) is 5.25 Å². The molecular weight excluding hydrogens is 298 g/mol. The van der Waals surface area contributed by atoms with E-state index in [0.29, 0.717) is 26.1 Å². The van der Waals surface area contributed by atoms with E-state index < -0.39 is 38.3 Å². The van der Waals surface area contributed by atoms with Crippen LogP contribution in [0.3, 0.4) is 0 Å². The van der Waals surface area contributed by atoms with E-state index in [9.17, 15) is 18.0 Å². The summed E-state index contributed by atoms with van der Waals surface area (Å²) in [5.41, 5.74) is 0. The van der Waals surface area contributed by atoms with Crippen molar-refractivity contribution in [2.24, 2.45) is 5.92 Å². The Balaban J connectivity index is 2.78. The third-order valence-electron chi connectivity index (χ3n) is 3.73. The maximum atomic E-state index is 12.4. The van der Waals surface area contributed by atoms with E-state index in [1.165, 1.54) is 6.92 Å². The van der Waals surface area contributed by atoms with Crippen molar-refractivity contribution in [2.45, 2.75) is 50.2 Å². The molecule has 122 valence electrons. The van der Waals surface area contributed by atoms with Gasteiger partial charge in [0.25, 0.3) is 0 Å². The van der Waals surface area contributed by atoms with Crippen LogP contribution in [0.5, 0.6) is 0 Å². The number of rotatable bonds is 6. The van der Waals surface area contributed by atoms with Crippen LogP contribution in [0.15, 0.2) is 0 Å². The largest absolute Gasteiger partial charge is 0.480 e. The van der Waals surface area contributed by atoms with Crippen LogP contribution < -0.4 is 5.32 Å². The predicted octanol–water partition coefficient (Wildman–Crippen LogP) is 0.194. The topological polar surface area (TPSA) is 110 Å². The molecule has 2 N–H and O–H groups in total. The van der Waals surface area contributed by atoms with Crippen molar-refractivity contribution >= 4 is 21.7 Å². The molecule has 0 aliphatic carbocycles. The highest BCUT2D eigenvalue weighted by Crippen LogP contribution is 2.20. The number of sulfone groups is 1. The lowest BCUT2D eigenvalue weighted by atomic mass is 10.0. The number of hydrogen-bond acceptors (Lipinski definition) is 5. The van der Waals surface area contributed by atoms with Crippen LogP contribution in [-0.4, -0.2) is 55.2 Å². The molecule has 1 aliphatic rings. The van der Waals surface area contributed by atoms with E-state index in [-0.39, 0.29) is 5.92 Å². The van der Waals surface area contributed by atoms with Crippen molar-refractivity contribution in [1.82, 2.24) is 5.32 Å². The van der Waals surface area contributed by atoms with Gasteiger partial charge in [-0.15, -0.1) is 0 Å². The molecule has 0 spiro atoms. The molecule has 1 heterocycles. The predicted molar refractivity (Wildman–Crippen MR) is 76.6 cm³/mol. The van der Waals surface area contributed by atoms with Gasteiger partial charge in [-0.3, -0.25) is 4.79 Å². The number of nitrogens with one attached hydrogen (secondary N) is 1. The van der Waals surface area contributed by atoms with Gasteiger partial charge in [0.1, 0.15) is 11.3 Å². The van der Waals surface area contributed by atoms with E-state index in [4.69, 9.17) is 9.84 Å². The molecule has 0 radical (unpaired) electrons. The van der Waals surface area contributed by atoms with Gasteiger partial charge in [-0.2, -0.15) is 0 Å². The fourth-order valence-electron chi connectivity index (χ4n) is 2.23. The van der Waals surface area contributed by atoms with E-state index in [0.717, 1.165) is 0 Å². The molecule has 8 heteroatoms. The van der Waals surface area contributed by atoms with E-state index in [1.807, 2.05) is 0 Å². The van der Waals surface area contributed by atoms with Crippen molar-refractivity contribution in [2.75, 3.05) is 13.2 Å². The van der Waals surface area contributed by atoms with Gasteiger partial charge >= 0.3 is 5.97 Å². The summed E-state index contributed by atoms with van der Waals surface area (Å²) in [7, 11) is -3.64. The summed E-state index contributed by atoms with van der Waals surface area (Å²) < 4.78 is 29.9. The molecule has 0 aromatic carbocycles. The van der Waals surface area contributed by atoms with Crippen molar-refractivity contribution < 1.29 is 27.9 Å². The van der Waals surface area contributed by atoms with Crippen molar-refractivity contribution in [3.05, 3.63) is 0 Å². The van der Waals surface area contributed by atoms with Crippen molar-refractivity contribution in [3.8, 4) is 0 Å². The zero-order valence-electron chi connectivity index (χ0n) is 12.5.